The Kier molecular flexibility index (Phi) is 4.67. The van der Waals surface area contributed by atoms with Crippen LogP contribution in [0.2, 0.25) is 0 Å². The number of carbonyl (C=O) groups excluding carboxylic acids is 1. The maximum atomic E-state index is 12.3. The summed E-state index contributed by atoms with van der Waals surface area (Å²) >= 11 is 0. The van der Waals surface area contributed by atoms with Gasteiger partial charge in [0.2, 0.25) is 0 Å². The number of benzene rings is 1. The van der Waals surface area contributed by atoms with Crippen LogP contribution in [0, 0.1) is 12.8 Å². The predicted octanol–water partition coefficient (Wildman–Crippen LogP) is 2.33. The molecule has 6 heteroatoms. The van der Waals surface area contributed by atoms with Crippen LogP contribution in [0.5, 0.6) is 5.75 Å². The third-order valence-corrected chi connectivity index (χ3v) is 3.39. The van der Waals surface area contributed by atoms with Crippen LogP contribution in [0.25, 0.3) is 0 Å². The summed E-state index contributed by atoms with van der Waals surface area (Å²) in [6.07, 6.45) is 2.11. The molecule has 0 aromatic heterocycles. The smallest absolute Gasteiger partial charge is 0.323 e. The fourth-order valence-electron chi connectivity index (χ4n) is 2.11. The number of methoxy groups -OCH3 is 1. The van der Waals surface area contributed by atoms with Gasteiger partial charge in [-0.2, -0.15) is 0 Å². The molecule has 1 aromatic carbocycles. The Morgan fingerprint density at radius 3 is 2.71 bits per heavy atom. The molecule has 0 atom stereocenters. The topological polar surface area (TPSA) is 78.9 Å². The molecule has 2 N–H and O–H groups in total. The average Bonchev–Trinajstić information content (AvgIpc) is 3.21. The standard InChI is InChI=1S/C15H20N2O4/c1-10-3-6-13(21-2)12(7-10)16-15(20)17(9-14(18)19)8-11-4-5-11/h3,6-7,11H,4-5,8-9H2,1-2H3,(H,16,20)(H,18,19). The maximum Gasteiger partial charge on any atom is 0.323 e. The van der Waals surface area contributed by atoms with Gasteiger partial charge in [-0.05, 0) is 43.4 Å². The van der Waals surface area contributed by atoms with Gasteiger partial charge in [0.05, 0.1) is 12.8 Å². The summed E-state index contributed by atoms with van der Waals surface area (Å²) in [5.41, 5.74) is 1.53. The number of nitrogens with zero attached hydrogens (tertiary/aromatic N) is 1. The average molecular weight is 292 g/mol. The molecule has 1 aliphatic carbocycles. The largest absolute Gasteiger partial charge is 0.495 e. The number of aliphatic carboxylic acids is 1. The lowest BCUT2D eigenvalue weighted by atomic mass is 10.2. The molecular weight excluding hydrogens is 272 g/mol. The molecule has 0 aliphatic heterocycles. The molecule has 0 unspecified atom stereocenters. The van der Waals surface area contributed by atoms with Gasteiger partial charge < -0.3 is 20.1 Å². The van der Waals surface area contributed by atoms with Crippen LogP contribution in [0.3, 0.4) is 0 Å². The quantitative estimate of drug-likeness (QED) is 0.843. The number of amides is 2. The van der Waals surface area contributed by atoms with Crippen LogP contribution in [-0.2, 0) is 4.79 Å². The number of aryl methyl sites for hydroxylation is 1. The zero-order chi connectivity index (χ0) is 15.4. The molecule has 0 spiro atoms. The van der Waals surface area contributed by atoms with E-state index in [1.807, 2.05) is 13.0 Å². The molecule has 21 heavy (non-hydrogen) atoms. The van der Waals surface area contributed by atoms with Gasteiger partial charge in [-0.1, -0.05) is 6.07 Å². The number of carboxylic acids is 1. The first-order valence-electron chi connectivity index (χ1n) is 6.92. The molecule has 1 aliphatic rings. The summed E-state index contributed by atoms with van der Waals surface area (Å²) in [6, 6.07) is 5.04. The first kappa shape index (κ1) is 15.2. The maximum absolute atomic E-state index is 12.3. The van der Waals surface area contributed by atoms with Crippen LogP contribution in [0.1, 0.15) is 18.4 Å². The van der Waals surface area contributed by atoms with Crippen molar-refractivity contribution in [2.24, 2.45) is 5.92 Å². The number of carbonyl (C=O) groups is 2. The second kappa shape index (κ2) is 6.47. The number of nitrogens with one attached hydrogen (secondary N) is 1. The molecule has 2 rings (SSSR count). The van der Waals surface area contributed by atoms with Crippen LogP contribution in [0.15, 0.2) is 18.2 Å². The van der Waals surface area contributed by atoms with Gasteiger partial charge in [0.25, 0.3) is 0 Å². The molecule has 0 radical (unpaired) electrons. The van der Waals surface area contributed by atoms with E-state index in [1.165, 1.54) is 12.0 Å². The molecule has 114 valence electrons. The van der Waals surface area contributed by atoms with Crippen molar-refractivity contribution in [1.82, 2.24) is 4.90 Å². The van der Waals surface area contributed by atoms with Gasteiger partial charge >= 0.3 is 12.0 Å². The Hall–Kier alpha value is -2.24. The highest BCUT2D eigenvalue weighted by molar-refractivity contribution is 5.92. The zero-order valence-corrected chi connectivity index (χ0v) is 12.3. The first-order valence-corrected chi connectivity index (χ1v) is 6.92. The third kappa shape index (κ3) is 4.37. The third-order valence-electron chi connectivity index (χ3n) is 3.39. The van der Waals surface area contributed by atoms with E-state index in [0.717, 1.165) is 18.4 Å². The predicted molar refractivity (Wildman–Crippen MR) is 78.7 cm³/mol. The number of anilines is 1. The number of rotatable bonds is 6. The molecule has 0 bridgehead atoms. The minimum Gasteiger partial charge on any atom is -0.495 e. The molecule has 6 nitrogen and oxygen atoms in total. The Morgan fingerprint density at radius 1 is 1.43 bits per heavy atom. The van der Waals surface area contributed by atoms with E-state index in [4.69, 9.17) is 9.84 Å². The fraction of sp³-hybridized carbons (Fsp3) is 0.467. The number of urea groups is 1. The zero-order valence-electron chi connectivity index (χ0n) is 12.3. The van der Waals surface area contributed by atoms with E-state index in [-0.39, 0.29) is 6.54 Å². The lowest BCUT2D eigenvalue weighted by Crippen LogP contribution is -2.40. The normalized spacial score (nSPS) is 13.6. The van der Waals surface area contributed by atoms with Crippen molar-refractivity contribution >= 4 is 17.7 Å². The van der Waals surface area contributed by atoms with E-state index in [0.29, 0.717) is 23.9 Å². The number of ether oxygens (including phenoxy) is 1. The summed E-state index contributed by atoms with van der Waals surface area (Å²) in [6.45, 7) is 2.09. The van der Waals surface area contributed by atoms with Crippen molar-refractivity contribution in [3.8, 4) is 5.75 Å². The van der Waals surface area contributed by atoms with Gasteiger partial charge in [-0.3, -0.25) is 4.79 Å². The van der Waals surface area contributed by atoms with Gasteiger partial charge in [0.1, 0.15) is 12.3 Å². The van der Waals surface area contributed by atoms with Crippen molar-refractivity contribution < 1.29 is 19.4 Å². The second-order valence-electron chi connectivity index (χ2n) is 5.35. The Labute approximate surface area is 123 Å². The van der Waals surface area contributed by atoms with Crippen molar-refractivity contribution in [2.45, 2.75) is 19.8 Å². The van der Waals surface area contributed by atoms with Crippen LogP contribution >= 0.6 is 0 Å². The number of carboxylic acid groups (broad SMARTS) is 1. The minimum absolute atomic E-state index is 0.295. The molecule has 1 fully saturated rings. The SMILES string of the molecule is COc1ccc(C)cc1NC(=O)N(CC(=O)O)CC1CC1. The fourth-order valence-corrected chi connectivity index (χ4v) is 2.11. The van der Waals surface area contributed by atoms with E-state index in [9.17, 15) is 9.59 Å². The molecule has 0 heterocycles. The number of hydrogen-bond donors (Lipinski definition) is 2. The summed E-state index contributed by atoms with van der Waals surface area (Å²) in [5, 5.41) is 11.7. The molecule has 1 aromatic rings. The van der Waals surface area contributed by atoms with Crippen molar-refractivity contribution in [3.63, 3.8) is 0 Å². The Bertz CT molecular complexity index is 540. The highest BCUT2D eigenvalue weighted by Gasteiger charge is 2.28. The van der Waals surface area contributed by atoms with Crippen molar-refractivity contribution in [1.29, 1.82) is 0 Å². The minimum atomic E-state index is -1.01. The van der Waals surface area contributed by atoms with Crippen molar-refractivity contribution in [3.05, 3.63) is 23.8 Å². The van der Waals surface area contributed by atoms with E-state index in [1.54, 1.807) is 12.1 Å². The lowest BCUT2D eigenvalue weighted by molar-refractivity contribution is -0.137. The molecular formula is C15H20N2O4. The lowest BCUT2D eigenvalue weighted by Gasteiger charge is -2.22. The molecule has 2 amide bonds. The van der Waals surface area contributed by atoms with Crippen LogP contribution < -0.4 is 10.1 Å². The molecule has 1 saturated carbocycles. The van der Waals surface area contributed by atoms with Crippen LogP contribution in [-0.4, -0.2) is 42.2 Å². The first-order chi connectivity index (χ1) is 9.99. The van der Waals surface area contributed by atoms with E-state index >= 15 is 0 Å². The Morgan fingerprint density at radius 2 is 2.14 bits per heavy atom. The van der Waals surface area contributed by atoms with Gasteiger partial charge in [0.15, 0.2) is 0 Å². The number of hydrogen-bond acceptors (Lipinski definition) is 3. The highest BCUT2D eigenvalue weighted by atomic mass is 16.5. The Balaban J connectivity index is 2.09. The van der Waals surface area contributed by atoms with Gasteiger partial charge in [0, 0.05) is 6.54 Å². The molecule has 0 saturated heterocycles. The summed E-state index contributed by atoms with van der Waals surface area (Å²) < 4.78 is 5.21. The monoisotopic (exact) mass is 292 g/mol. The second-order valence-corrected chi connectivity index (χ2v) is 5.35. The van der Waals surface area contributed by atoms with Gasteiger partial charge in [-0.25, -0.2) is 4.79 Å². The van der Waals surface area contributed by atoms with E-state index in [2.05, 4.69) is 5.32 Å². The summed E-state index contributed by atoms with van der Waals surface area (Å²) in [5.74, 6) is -0.0350. The summed E-state index contributed by atoms with van der Waals surface area (Å²) in [7, 11) is 1.53. The highest BCUT2D eigenvalue weighted by Crippen LogP contribution is 2.30. The summed E-state index contributed by atoms with van der Waals surface area (Å²) in [4.78, 5) is 24.5. The van der Waals surface area contributed by atoms with Gasteiger partial charge in [-0.15, -0.1) is 0 Å². The van der Waals surface area contributed by atoms with E-state index < -0.39 is 12.0 Å². The van der Waals surface area contributed by atoms with Crippen LogP contribution in [0.4, 0.5) is 10.5 Å². The van der Waals surface area contributed by atoms with Crippen molar-refractivity contribution in [2.75, 3.05) is 25.5 Å².